The van der Waals surface area contributed by atoms with Crippen LogP contribution < -0.4 is 10.6 Å². The summed E-state index contributed by atoms with van der Waals surface area (Å²) >= 11 is 0. The lowest BCUT2D eigenvalue weighted by Crippen LogP contribution is -2.47. The van der Waals surface area contributed by atoms with Crippen molar-refractivity contribution in [1.29, 1.82) is 0 Å². The zero-order chi connectivity index (χ0) is 16.3. The second-order valence-corrected chi connectivity index (χ2v) is 6.34. The van der Waals surface area contributed by atoms with E-state index >= 15 is 0 Å². The first-order valence-corrected chi connectivity index (χ1v) is 8.19. The molecular weight excluding hydrogens is 401 g/mol. The predicted octanol–water partition coefficient (Wildman–Crippen LogP) is 3.61. The van der Waals surface area contributed by atoms with Crippen molar-refractivity contribution in [3.05, 3.63) is 35.9 Å². The molecule has 23 heavy (non-hydrogen) atoms. The van der Waals surface area contributed by atoms with Gasteiger partial charge in [-0.25, -0.2) is 0 Å². The van der Waals surface area contributed by atoms with Crippen LogP contribution in [0.15, 0.2) is 35.3 Å². The standard InChI is InChI=1S/C18H31N3O.HI/c1-5-19-17(21-18(2,3)4)20-13-9-14-22-15-12-16-10-7-6-8-11-16;/h6-8,10-11H,5,9,12-15H2,1-4H3,(H2,19,20,21);1H. The zero-order valence-electron chi connectivity index (χ0n) is 14.9. The van der Waals surface area contributed by atoms with Gasteiger partial charge in [-0.1, -0.05) is 30.3 Å². The topological polar surface area (TPSA) is 45.7 Å². The molecule has 0 saturated heterocycles. The Kier molecular flexibility index (Phi) is 12.1. The Balaban J connectivity index is 0.00000484. The number of aliphatic imine (C=N–C) groups is 1. The van der Waals surface area contributed by atoms with Crippen molar-refractivity contribution >= 4 is 29.9 Å². The minimum atomic E-state index is 0. The molecular formula is C18H32IN3O. The molecule has 0 amide bonds. The van der Waals surface area contributed by atoms with Gasteiger partial charge in [-0.2, -0.15) is 0 Å². The minimum absolute atomic E-state index is 0. The van der Waals surface area contributed by atoms with Crippen LogP contribution in [-0.2, 0) is 11.2 Å². The molecule has 2 N–H and O–H groups in total. The van der Waals surface area contributed by atoms with Gasteiger partial charge in [0.05, 0.1) is 6.61 Å². The van der Waals surface area contributed by atoms with Gasteiger partial charge in [0, 0.05) is 25.2 Å². The molecule has 4 nitrogen and oxygen atoms in total. The van der Waals surface area contributed by atoms with Gasteiger partial charge in [-0.3, -0.25) is 4.99 Å². The van der Waals surface area contributed by atoms with E-state index in [9.17, 15) is 0 Å². The molecule has 0 spiro atoms. The quantitative estimate of drug-likeness (QED) is 0.285. The maximum Gasteiger partial charge on any atom is 0.191 e. The first-order chi connectivity index (χ1) is 10.5. The van der Waals surface area contributed by atoms with Gasteiger partial charge < -0.3 is 15.4 Å². The van der Waals surface area contributed by atoms with Crippen molar-refractivity contribution in [2.45, 2.75) is 46.1 Å². The van der Waals surface area contributed by atoms with E-state index in [4.69, 9.17) is 4.74 Å². The summed E-state index contributed by atoms with van der Waals surface area (Å²) in [7, 11) is 0. The maximum atomic E-state index is 5.67. The average Bonchev–Trinajstić information content (AvgIpc) is 2.46. The third-order valence-electron chi connectivity index (χ3n) is 2.93. The molecule has 1 aromatic rings. The van der Waals surface area contributed by atoms with E-state index in [1.54, 1.807) is 0 Å². The Morgan fingerprint density at radius 3 is 2.43 bits per heavy atom. The zero-order valence-corrected chi connectivity index (χ0v) is 17.2. The SMILES string of the molecule is CCNC(=NCCCOCCc1ccccc1)NC(C)(C)C.I. The average molecular weight is 433 g/mol. The van der Waals surface area contributed by atoms with Crippen LogP contribution in [-0.4, -0.2) is 37.8 Å². The number of hydrogen-bond donors (Lipinski definition) is 2. The molecule has 1 rings (SSSR count). The van der Waals surface area contributed by atoms with E-state index in [0.717, 1.165) is 45.1 Å². The van der Waals surface area contributed by atoms with Crippen LogP contribution in [0.3, 0.4) is 0 Å². The van der Waals surface area contributed by atoms with Crippen molar-refractivity contribution in [3.63, 3.8) is 0 Å². The Labute approximate surface area is 158 Å². The summed E-state index contributed by atoms with van der Waals surface area (Å²) in [5, 5.41) is 6.64. The van der Waals surface area contributed by atoms with Gasteiger partial charge >= 0.3 is 0 Å². The van der Waals surface area contributed by atoms with Gasteiger partial charge in [0.15, 0.2) is 5.96 Å². The molecule has 1 aromatic carbocycles. The highest BCUT2D eigenvalue weighted by Gasteiger charge is 2.11. The van der Waals surface area contributed by atoms with Crippen LogP contribution in [0, 0.1) is 0 Å². The maximum absolute atomic E-state index is 5.67. The summed E-state index contributed by atoms with van der Waals surface area (Å²) in [4.78, 5) is 4.57. The Bertz CT molecular complexity index is 430. The number of guanidine groups is 1. The summed E-state index contributed by atoms with van der Waals surface area (Å²) in [6.07, 6.45) is 1.91. The molecule has 0 aliphatic rings. The molecule has 0 aliphatic heterocycles. The minimum Gasteiger partial charge on any atom is -0.381 e. The van der Waals surface area contributed by atoms with Crippen LogP contribution >= 0.6 is 24.0 Å². The molecule has 0 atom stereocenters. The number of rotatable bonds is 8. The molecule has 0 radical (unpaired) electrons. The highest BCUT2D eigenvalue weighted by molar-refractivity contribution is 14.0. The van der Waals surface area contributed by atoms with Crippen LogP contribution in [0.1, 0.15) is 39.7 Å². The smallest absolute Gasteiger partial charge is 0.191 e. The van der Waals surface area contributed by atoms with Crippen molar-refractivity contribution in [1.82, 2.24) is 10.6 Å². The summed E-state index contributed by atoms with van der Waals surface area (Å²) in [5.74, 6) is 0.874. The predicted molar refractivity (Wildman–Crippen MR) is 110 cm³/mol. The fourth-order valence-corrected chi connectivity index (χ4v) is 1.96. The van der Waals surface area contributed by atoms with Crippen LogP contribution in [0.2, 0.25) is 0 Å². The molecule has 0 bridgehead atoms. The largest absolute Gasteiger partial charge is 0.381 e. The monoisotopic (exact) mass is 433 g/mol. The van der Waals surface area contributed by atoms with E-state index in [0.29, 0.717) is 0 Å². The Morgan fingerprint density at radius 1 is 1.13 bits per heavy atom. The lowest BCUT2D eigenvalue weighted by Gasteiger charge is -2.23. The number of nitrogens with zero attached hydrogens (tertiary/aromatic N) is 1. The van der Waals surface area contributed by atoms with Crippen molar-refractivity contribution in [3.8, 4) is 0 Å². The van der Waals surface area contributed by atoms with E-state index in [1.165, 1.54) is 5.56 Å². The second-order valence-electron chi connectivity index (χ2n) is 6.34. The molecule has 0 aliphatic carbocycles. The molecule has 0 fully saturated rings. The lowest BCUT2D eigenvalue weighted by molar-refractivity contribution is 0.136. The van der Waals surface area contributed by atoms with Crippen molar-refractivity contribution in [2.75, 3.05) is 26.3 Å². The summed E-state index contributed by atoms with van der Waals surface area (Å²) in [6.45, 7) is 11.6. The first kappa shape index (κ1) is 22.2. The summed E-state index contributed by atoms with van der Waals surface area (Å²) < 4.78 is 5.67. The molecule has 0 unspecified atom stereocenters. The summed E-state index contributed by atoms with van der Waals surface area (Å²) in [5.41, 5.74) is 1.34. The molecule has 132 valence electrons. The molecule has 0 heterocycles. The summed E-state index contributed by atoms with van der Waals surface area (Å²) in [6, 6.07) is 10.4. The number of halogens is 1. The molecule has 0 aromatic heterocycles. The number of ether oxygens (including phenoxy) is 1. The fraction of sp³-hybridized carbons (Fsp3) is 0.611. The van der Waals surface area contributed by atoms with E-state index < -0.39 is 0 Å². The second kappa shape index (κ2) is 12.6. The van der Waals surface area contributed by atoms with Crippen molar-refractivity contribution < 1.29 is 4.74 Å². The Hall–Kier alpha value is -0.820. The van der Waals surface area contributed by atoms with Crippen LogP contribution in [0.25, 0.3) is 0 Å². The molecule has 0 saturated carbocycles. The van der Waals surface area contributed by atoms with Crippen molar-refractivity contribution in [2.24, 2.45) is 4.99 Å². The van der Waals surface area contributed by atoms with Gasteiger partial charge in [-0.05, 0) is 46.1 Å². The lowest BCUT2D eigenvalue weighted by atomic mass is 10.1. The van der Waals surface area contributed by atoms with E-state index in [1.807, 2.05) is 6.07 Å². The van der Waals surface area contributed by atoms with E-state index in [-0.39, 0.29) is 29.5 Å². The number of benzene rings is 1. The number of hydrogen-bond acceptors (Lipinski definition) is 2. The van der Waals surface area contributed by atoms with Gasteiger partial charge in [0.2, 0.25) is 0 Å². The fourth-order valence-electron chi connectivity index (χ4n) is 1.96. The van der Waals surface area contributed by atoms with Crippen LogP contribution in [0.4, 0.5) is 0 Å². The highest BCUT2D eigenvalue weighted by atomic mass is 127. The van der Waals surface area contributed by atoms with Gasteiger partial charge in [-0.15, -0.1) is 24.0 Å². The van der Waals surface area contributed by atoms with Gasteiger partial charge in [0.1, 0.15) is 0 Å². The van der Waals surface area contributed by atoms with Gasteiger partial charge in [0.25, 0.3) is 0 Å². The third-order valence-corrected chi connectivity index (χ3v) is 2.93. The number of nitrogens with one attached hydrogen (secondary N) is 2. The first-order valence-electron chi connectivity index (χ1n) is 8.19. The van der Waals surface area contributed by atoms with E-state index in [2.05, 4.69) is 67.6 Å². The normalized spacial score (nSPS) is 11.7. The third kappa shape index (κ3) is 12.3. The highest BCUT2D eigenvalue weighted by Crippen LogP contribution is 2.00. The van der Waals surface area contributed by atoms with Crippen LogP contribution in [0.5, 0.6) is 0 Å². The molecule has 5 heteroatoms. The Morgan fingerprint density at radius 2 is 1.83 bits per heavy atom.